The quantitative estimate of drug-likeness (QED) is 0.356. The van der Waals surface area contributed by atoms with Crippen molar-refractivity contribution in [2.24, 2.45) is 0 Å². The van der Waals surface area contributed by atoms with Crippen molar-refractivity contribution < 1.29 is 4.74 Å². The third-order valence-corrected chi connectivity index (χ3v) is 7.76. The van der Waals surface area contributed by atoms with Gasteiger partial charge in [-0.3, -0.25) is 0 Å². The molecule has 0 spiro atoms. The lowest BCUT2D eigenvalue weighted by atomic mass is 10.1. The number of halogens is 1. The van der Waals surface area contributed by atoms with Crippen LogP contribution >= 0.6 is 15.9 Å². The Morgan fingerprint density at radius 1 is 0.882 bits per heavy atom. The fourth-order valence-corrected chi connectivity index (χ4v) is 5.39. The Morgan fingerprint density at radius 2 is 1.65 bits per heavy atom. The molecule has 2 fully saturated rings. The molecule has 5 rings (SSSR count). The van der Waals surface area contributed by atoms with Crippen LogP contribution < -0.4 is 15.0 Å². The molecule has 178 valence electrons. The van der Waals surface area contributed by atoms with E-state index in [-0.39, 0.29) is 0 Å². The van der Waals surface area contributed by atoms with Crippen LogP contribution in [0.25, 0.3) is 0 Å². The molecule has 0 bridgehead atoms. The lowest BCUT2D eigenvalue weighted by molar-refractivity contribution is 0.306. The third-order valence-electron chi connectivity index (χ3n) is 6.98. The smallest absolute Gasteiger partial charge is 0.142 e. The van der Waals surface area contributed by atoms with Gasteiger partial charge in [-0.15, -0.1) is 0 Å². The van der Waals surface area contributed by atoms with Gasteiger partial charge in [-0.05, 0) is 61.6 Å². The molecular formula is C29H34BrN3O. The number of likely N-dealkylation sites (tertiary alicyclic amines) is 1. The van der Waals surface area contributed by atoms with Crippen molar-refractivity contribution in [2.75, 3.05) is 42.9 Å². The predicted octanol–water partition coefficient (Wildman–Crippen LogP) is 6.36. The zero-order valence-electron chi connectivity index (χ0n) is 19.8. The summed E-state index contributed by atoms with van der Waals surface area (Å²) in [5.74, 6) is 0.912. The summed E-state index contributed by atoms with van der Waals surface area (Å²) in [6.07, 6.45) is 4.92. The first-order chi connectivity index (χ1) is 16.7. The van der Waals surface area contributed by atoms with E-state index in [1.807, 2.05) is 18.2 Å². The molecule has 0 amide bonds. The van der Waals surface area contributed by atoms with Gasteiger partial charge in [0.15, 0.2) is 0 Å². The molecule has 3 aromatic rings. The minimum atomic E-state index is 0.450. The van der Waals surface area contributed by atoms with Gasteiger partial charge in [0.1, 0.15) is 12.4 Å². The first kappa shape index (κ1) is 23.3. The summed E-state index contributed by atoms with van der Waals surface area (Å²) in [5, 5.41) is 3.74. The monoisotopic (exact) mass is 519 g/mol. The van der Waals surface area contributed by atoms with Crippen LogP contribution in [0.15, 0.2) is 77.3 Å². The van der Waals surface area contributed by atoms with E-state index in [1.54, 1.807) is 0 Å². The van der Waals surface area contributed by atoms with Crippen molar-refractivity contribution in [1.82, 2.24) is 4.90 Å². The summed E-state index contributed by atoms with van der Waals surface area (Å²) in [6.45, 7) is 6.29. The van der Waals surface area contributed by atoms with Crippen molar-refractivity contribution in [2.45, 2.75) is 38.3 Å². The molecule has 3 aromatic carbocycles. The first-order valence-electron chi connectivity index (χ1n) is 12.5. The normalized spacial score (nSPS) is 18.4. The predicted molar refractivity (Wildman–Crippen MR) is 145 cm³/mol. The molecular weight excluding hydrogens is 486 g/mol. The molecule has 1 unspecified atom stereocenters. The van der Waals surface area contributed by atoms with Crippen molar-refractivity contribution in [3.63, 3.8) is 0 Å². The van der Waals surface area contributed by atoms with E-state index < -0.39 is 0 Å². The maximum Gasteiger partial charge on any atom is 0.142 e. The summed E-state index contributed by atoms with van der Waals surface area (Å²) >= 11 is 3.61. The van der Waals surface area contributed by atoms with Crippen molar-refractivity contribution >= 4 is 27.3 Å². The Bertz CT molecular complexity index is 1060. The highest BCUT2D eigenvalue weighted by Crippen LogP contribution is 2.28. The number of benzene rings is 3. The van der Waals surface area contributed by atoms with Gasteiger partial charge in [-0.2, -0.15) is 0 Å². The van der Waals surface area contributed by atoms with Gasteiger partial charge in [0.05, 0.1) is 5.69 Å². The molecule has 1 N–H and O–H groups in total. The third kappa shape index (κ3) is 5.94. The van der Waals surface area contributed by atoms with Crippen LogP contribution in [0.5, 0.6) is 5.75 Å². The molecule has 2 heterocycles. The molecule has 2 aliphatic rings. The number of hydrogen-bond acceptors (Lipinski definition) is 4. The summed E-state index contributed by atoms with van der Waals surface area (Å²) in [6, 6.07) is 26.2. The molecule has 5 heteroatoms. The lowest BCUT2D eigenvalue weighted by Gasteiger charge is -2.20. The van der Waals surface area contributed by atoms with Crippen LogP contribution in [0.3, 0.4) is 0 Å². The van der Waals surface area contributed by atoms with Gasteiger partial charge in [0.2, 0.25) is 0 Å². The zero-order chi connectivity index (χ0) is 23.2. The minimum Gasteiger partial charge on any atom is -0.487 e. The maximum atomic E-state index is 6.18. The van der Waals surface area contributed by atoms with Crippen molar-refractivity contribution in [1.29, 1.82) is 0 Å². The van der Waals surface area contributed by atoms with Gasteiger partial charge in [0.25, 0.3) is 0 Å². The lowest BCUT2D eigenvalue weighted by Crippen LogP contribution is -2.28. The molecule has 0 aromatic heterocycles. The summed E-state index contributed by atoms with van der Waals surface area (Å²) < 4.78 is 7.26. The molecule has 4 nitrogen and oxygen atoms in total. The van der Waals surface area contributed by atoms with E-state index in [0.717, 1.165) is 53.9 Å². The van der Waals surface area contributed by atoms with Crippen LogP contribution in [0, 0.1) is 0 Å². The molecule has 0 aliphatic carbocycles. The Morgan fingerprint density at radius 3 is 2.47 bits per heavy atom. The largest absolute Gasteiger partial charge is 0.487 e. The number of anilines is 2. The number of nitrogens with one attached hydrogen (secondary N) is 1. The summed E-state index contributed by atoms with van der Waals surface area (Å²) in [7, 11) is 0. The molecule has 0 saturated carbocycles. The van der Waals surface area contributed by atoms with Crippen LogP contribution in [0.1, 0.15) is 30.4 Å². The highest BCUT2D eigenvalue weighted by Gasteiger charge is 2.23. The van der Waals surface area contributed by atoms with Gasteiger partial charge in [0, 0.05) is 54.5 Å². The van der Waals surface area contributed by atoms with Crippen LogP contribution in [0.4, 0.5) is 11.4 Å². The maximum absolute atomic E-state index is 6.18. The fraction of sp³-hybridized carbons (Fsp3) is 0.379. The second-order valence-electron chi connectivity index (χ2n) is 9.42. The zero-order valence-corrected chi connectivity index (χ0v) is 21.3. The SMILES string of the molecule is Brc1ccccc1COc1ccccc1NC1CCN(CCc2ccc(N3CCCC3)cc2)C1. The van der Waals surface area contributed by atoms with E-state index in [9.17, 15) is 0 Å². The average Bonchev–Trinajstić information content (AvgIpc) is 3.56. The number of rotatable bonds is 9. The van der Waals surface area contributed by atoms with E-state index in [2.05, 4.69) is 85.6 Å². The van der Waals surface area contributed by atoms with Crippen LogP contribution in [-0.4, -0.2) is 43.7 Å². The Kier molecular flexibility index (Phi) is 7.72. The van der Waals surface area contributed by atoms with Crippen LogP contribution in [-0.2, 0) is 13.0 Å². The van der Waals surface area contributed by atoms with Gasteiger partial charge >= 0.3 is 0 Å². The number of hydrogen-bond donors (Lipinski definition) is 1. The highest BCUT2D eigenvalue weighted by molar-refractivity contribution is 9.10. The average molecular weight is 521 g/mol. The standard InChI is InChI=1S/C29H34BrN3O/c30-27-8-2-1-7-24(27)22-34-29-10-4-3-9-28(29)31-25-16-20-32(21-25)19-15-23-11-13-26(14-12-23)33-17-5-6-18-33/h1-4,7-14,25,31H,5-6,15-22H2. The van der Waals surface area contributed by atoms with E-state index in [1.165, 1.54) is 37.2 Å². The number of ether oxygens (including phenoxy) is 1. The molecule has 0 radical (unpaired) electrons. The molecule has 2 aliphatic heterocycles. The molecule has 1 atom stereocenters. The fourth-order valence-electron chi connectivity index (χ4n) is 4.99. The Labute approximate surface area is 212 Å². The van der Waals surface area contributed by atoms with E-state index in [0.29, 0.717) is 12.6 Å². The molecule has 34 heavy (non-hydrogen) atoms. The second-order valence-corrected chi connectivity index (χ2v) is 10.3. The second kappa shape index (κ2) is 11.3. The van der Waals surface area contributed by atoms with Crippen molar-refractivity contribution in [3.05, 3.63) is 88.4 Å². The number of para-hydroxylation sites is 2. The van der Waals surface area contributed by atoms with Gasteiger partial charge in [-0.25, -0.2) is 0 Å². The highest BCUT2D eigenvalue weighted by atomic mass is 79.9. The van der Waals surface area contributed by atoms with Crippen LogP contribution in [0.2, 0.25) is 0 Å². The van der Waals surface area contributed by atoms with E-state index >= 15 is 0 Å². The summed E-state index contributed by atoms with van der Waals surface area (Å²) in [5.41, 5.74) is 5.05. The Balaban J connectivity index is 1.11. The van der Waals surface area contributed by atoms with Crippen molar-refractivity contribution in [3.8, 4) is 5.75 Å². The summed E-state index contributed by atoms with van der Waals surface area (Å²) in [4.78, 5) is 5.08. The Hall–Kier alpha value is -2.50. The van der Waals surface area contributed by atoms with Gasteiger partial charge in [-0.1, -0.05) is 58.4 Å². The van der Waals surface area contributed by atoms with E-state index in [4.69, 9.17) is 4.74 Å². The molecule has 2 saturated heterocycles. The topological polar surface area (TPSA) is 27.7 Å². The first-order valence-corrected chi connectivity index (χ1v) is 13.3. The van der Waals surface area contributed by atoms with Gasteiger partial charge < -0.3 is 19.9 Å². The number of nitrogens with zero attached hydrogens (tertiary/aromatic N) is 2. The minimum absolute atomic E-state index is 0.450.